The largest absolute Gasteiger partial charge is 0.348 e. The van der Waals surface area contributed by atoms with Crippen molar-refractivity contribution >= 4 is 22.7 Å². The van der Waals surface area contributed by atoms with E-state index >= 15 is 0 Å². The van der Waals surface area contributed by atoms with Gasteiger partial charge in [0.1, 0.15) is 0 Å². The van der Waals surface area contributed by atoms with Crippen LogP contribution in [0.2, 0.25) is 0 Å². The highest BCUT2D eigenvalue weighted by Gasteiger charge is 2.31. The van der Waals surface area contributed by atoms with Gasteiger partial charge in [0, 0.05) is 48.7 Å². The van der Waals surface area contributed by atoms with Crippen LogP contribution in [0.4, 0.5) is 0 Å². The zero-order valence-corrected chi connectivity index (χ0v) is 15.1. The summed E-state index contributed by atoms with van der Waals surface area (Å²) < 4.78 is 2.19. The maximum absolute atomic E-state index is 4.64. The summed E-state index contributed by atoms with van der Waals surface area (Å²) in [7, 11) is 0. The monoisotopic (exact) mass is 367 g/mol. The molecule has 4 aromatic rings. The van der Waals surface area contributed by atoms with Crippen molar-refractivity contribution in [3.8, 4) is 5.13 Å². The van der Waals surface area contributed by atoms with E-state index in [4.69, 9.17) is 0 Å². The SMILES string of the molecule is c1cc(CN2CCc3[nH]cnc3[C@@H]2c2ccsc2)n(-c2nccs2)c1. The summed E-state index contributed by atoms with van der Waals surface area (Å²) in [5.74, 6) is 0. The van der Waals surface area contributed by atoms with Gasteiger partial charge in [0.15, 0.2) is 5.13 Å². The number of fused-ring (bicyclic) bond motifs is 1. The first-order valence-electron chi connectivity index (χ1n) is 8.24. The summed E-state index contributed by atoms with van der Waals surface area (Å²) in [6.45, 7) is 1.89. The molecule has 25 heavy (non-hydrogen) atoms. The second-order valence-corrected chi connectivity index (χ2v) is 7.78. The van der Waals surface area contributed by atoms with Gasteiger partial charge >= 0.3 is 0 Å². The first kappa shape index (κ1) is 15.1. The van der Waals surface area contributed by atoms with E-state index in [1.807, 2.05) is 17.9 Å². The Balaban J connectivity index is 1.51. The van der Waals surface area contributed by atoms with Crippen LogP contribution in [0.1, 0.15) is 28.7 Å². The molecule has 0 fully saturated rings. The third-order valence-electron chi connectivity index (χ3n) is 4.71. The molecule has 0 spiro atoms. The normalized spacial score (nSPS) is 17.7. The maximum Gasteiger partial charge on any atom is 0.193 e. The van der Waals surface area contributed by atoms with Crippen molar-refractivity contribution in [3.05, 3.63) is 75.7 Å². The second kappa shape index (κ2) is 6.25. The highest BCUT2D eigenvalue weighted by Crippen LogP contribution is 2.35. The molecule has 0 bridgehead atoms. The zero-order valence-electron chi connectivity index (χ0n) is 13.5. The Morgan fingerprint density at radius 2 is 2.24 bits per heavy atom. The minimum atomic E-state index is 0.209. The Kier molecular flexibility index (Phi) is 3.77. The molecule has 7 heteroatoms. The first-order valence-corrected chi connectivity index (χ1v) is 10.1. The Morgan fingerprint density at radius 3 is 3.08 bits per heavy atom. The van der Waals surface area contributed by atoms with Gasteiger partial charge in [-0.05, 0) is 34.5 Å². The summed E-state index contributed by atoms with van der Waals surface area (Å²) in [6.07, 6.45) is 6.78. The molecule has 5 rings (SSSR count). The van der Waals surface area contributed by atoms with Crippen LogP contribution in [0.25, 0.3) is 5.13 Å². The molecule has 0 aliphatic carbocycles. The standard InChI is InChI=1S/C18H17N5S2/c1-2-14(23(6-1)18-19-5-9-25-18)10-22-7-3-15-16(21-12-20-15)17(22)13-4-8-24-11-13/h1-2,4-6,8-9,11-12,17H,3,7,10H2,(H,20,21)/t17-/m0/s1. The fourth-order valence-corrected chi connectivity index (χ4v) is 4.90. The van der Waals surface area contributed by atoms with Crippen LogP contribution < -0.4 is 0 Å². The number of hydrogen-bond acceptors (Lipinski definition) is 5. The van der Waals surface area contributed by atoms with Crippen LogP contribution >= 0.6 is 22.7 Å². The molecule has 126 valence electrons. The minimum Gasteiger partial charge on any atom is -0.348 e. The highest BCUT2D eigenvalue weighted by molar-refractivity contribution is 7.12. The number of nitrogens with one attached hydrogen (secondary N) is 1. The third-order valence-corrected chi connectivity index (χ3v) is 6.18. The predicted octanol–water partition coefficient (Wildman–Crippen LogP) is 3.87. The molecule has 5 nitrogen and oxygen atoms in total. The van der Waals surface area contributed by atoms with E-state index < -0.39 is 0 Å². The lowest BCUT2D eigenvalue weighted by atomic mass is 9.97. The Bertz CT molecular complexity index is 952. The molecule has 4 aromatic heterocycles. The van der Waals surface area contributed by atoms with E-state index in [1.165, 1.54) is 17.0 Å². The van der Waals surface area contributed by atoms with E-state index in [9.17, 15) is 0 Å². The average molecular weight is 368 g/mol. The van der Waals surface area contributed by atoms with Crippen LogP contribution in [0, 0.1) is 0 Å². The molecule has 0 aromatic carbocycles. The number of nitrogens with zero attached hydrogens (tertiary/aromatic N) is 4. The number of aromatic nitrogens is 4. The van der Waals surface area contributed by atoms with Crippen molar-refractivity contribution in [1.82, 2.24) is 24.4 Å². The molecule has 0 saturated heterocycles. The number of imidazole rings is 1. The van der Waals surface area contributed by atoms with Gasteiger partial charge in [-0.1, -0.05) is 0 Å². The number of thiazole rings is 1. The lowest BCUT2D eigenvalue weighted by molar-refractivity contribution is 0.197. The summed E-state index contributed by atoms with van der Waals surface area (Å²) in [6, 6.07) is 6.71. The molecule has 1 aliphatic rings. The van der Waals surface area contributed by atoms with Crippen molar-refractivity contribution in [2.75, 3.05) is 6.54 Å². The molecule has 0 unspecified atom stereocenters. The summed E-state index contributed by atoms with van der Waals surface area (Å²) in [5, 5.41) is 7.42. The molecule has 1 aliphatic heterocycles. The summed E-state index contributed by atoms with van der Waals surface area (Å²) >= 11 is 3.41. The van der Waals surface area contributed by atoms with Crippen molar-refractivity contribution in [2.24, 2.45) is 0 Å². The van der Waals surface area contributed by atoms with E-state index in [-0.39, 0.29) is 6.04 Å². The number of hydrogen-bond donors (Lipinski definition) is 1. The summed E-state index contributed by atoms with van der Waals surface area (Å²) in [5.41, 5.74) is 5.01. The Morgan fingerprint density at radius 1 is 1.24 bits per heavy atom. The summed E-state index contributed by atoms with van der Waals surface area (Å²) in [4.78, 5) is 14.9. The van der Waals surface area contributed by atoms with Gasteiger partial charge in [0.05, 0.1) is 18.1 Å². The lowest BCUT2D eigenvalue weighted by Crippen LogP contribution is -2.36. The molecule has 5 heterocycles. The quantitative estimate of drug-likeness (QED) is 0.596. The molecule has 1 N–H and O–H groups in total. The van der Waals surface area contributed by atoms with Crippen molar-refractivity contribution in [3.63, 3.8) is 0 Å². The molecule has 1 atom stereocenters. The number of H-pyrrole nitrogens is 1. The topological polar surface area (TPSA) is 49.7 Å². The first-order chi connectivity index (χ1) is 12.4. The maximum atomic E-state index is 4.64. The van der Waals surface area contributed by atoms with Crippen LogP contribution in [0.5, 0.6) is 0 Å². The van der Waals surface area contributed by atoms with Crippen LogP contribution in [0.3, 0.4) is 0 Å². The predicted molar refractivity (Wildman–Crippen MR) is 100 cm³/mol. The van der Waals surface area contributed by atoms with E-state index in [2.05, 4.69) is 59.6 Å². The van der Waals surface area contributed by atoms with Gasteiger partial charge < -0.3 is 4.98 Å². The average Bonchev–Trinajstić information content (AvgIpc) is 3.40. The van der Waals surface area contributed by atoms with Gasteiger partial charge in [0.25, 0.3) is 0 Å². The van der Waals surface area contributed by atoms with Gasteiger partial charge in [0.2, 0.25) is 0 Å². The van der Waals surface area contributed by atoms with E-state index in [1.54, 1.807) is 22.7 Å². The van der Waals surface area contributed by atoms with Crippen molar-refractivity contribution in [2.45, 2.75) is 19.0 Å². The highest BCUT2D eigenvalue weighted by atomic mass is 32.1. The third kappa shape index (κ3) is 2.64. The molecular weight excluding hydrogens is 350 g/mol. The van der Waals surface area contributed by atoms with Crippen LogP contribution in [0.15, 0.2) is 53.1 Å². The molecular formula is C18H17N5S2. The van der Waals surface area contributed by atoms with Crippen LogP contribution in [-0.4, -0.2) is 31.0 Å². The van der Waals surface area contributed by atoms with Crippen molar-refractivity contribution in [1.29, 1.82) is 0 Å². The van der Waals surface area contributed by atoms with Gasteiger partial charge in [-0.3, -0.25) is 9.47 Å². The van der Waals surface area contributed by atoms with E-state index in [0.717, 1.165) is 30.3 Å². The molecule has 0 saturated carbocycles. The molecule has 0 radical (unpaired) electrons. The van der Waals surface area contributed by atoms with Gasteiger partial charge in [-0.2, -0.15) is 11.3 Å². The fourth-order valence-electron chi connectivity index (χ4n) is 3.57. The van der Waals surface area contributed by atoms with Gasteiger partial charge in [-0.15, -0.1) is 11.3 Å². The fraction of sp³-hybridized carbons (Fsp3) is 0.222. The van der Waals surface area contributed by atoms with Crippen molar-refractivity contribution < 1.29 is 0 Å². The number of rotatable bonds is 4. The zero-order chi connectivity index (χ0) is 16.6. The molecule has 0 amide bonds. The number of aromatic amines is 1. The van der Waals surface area contributed by atoms with Gasteiger partial charge in [-0.25, -0.2) is 9.97 Å². The Hall–Kier alpha value is -2.22. The smallest absolute Gasteiger partial charge is 0.193 e. The Labute approximate surface area is 153 Å². The minimum absolute atomic E-state index is 0.209. The van der Waals surface area contributed by atoms with Crippen LogP contribution in [-0.2, 0) is 13.0 Å². The number of thiophene rings is 1. The lowest BCUT2D eigenvalue weighted by Gasteiger charge is -2.34. The van der Waals surface area contributed by atoms with E-state index in [0.29, 0.717) is 0 Å². The second-order valence-electron chi connectivity index (χ2n) is 6.13.